The number of carbonyl (C=O) groups is 1. The second-order valence-electron chi connectivity index (χ2n) is 5.83. The number of hydrogen-bond acceptors (Lipinski definition) is 3. The third-order valence-corrected chi connectivity index (χ3v) is 5.47. The Morgan fingerprint density at radius 3 is 2.27 bits per heavy atom. The lowest BCUT2D eigenvalue weighted by Crippen LogP contribution is -2.31. The Bertz CT molecular complexity index is 590. The molecule has 0 radical (unpaired) electrons. The minimum absolute atomic E-state index is 0.0296. The number of nitrogens with one attached hydrogen (secondary N) is 2. The zero-order valence-corrected chi connectivity index (χ0v) is 13.8. The molecule has 0 spiro atoms. The Morgan fingerprint density at radius 1 is 1.09 bits per heavy atom. The highest BCUT2D eigenvalue weighted by Crippen LogP contribution is 2.23. The summed E-state index contributed by atoms with van der Waals surface area (Å²) < 4.78 is 25.2. The van der Waals surface area contributed by atoms with Crippen molar-refractivity contribution < 1.29 is 13.2 Å². The molecule has 0 aliphatic heterocycles. The van der Waals surface area contributed by atoms with Gasteiger partial charge in [0.2, 0.25) is 15.9 Å². The first-order chi connectivity index (χ1) is 10.5. The second kappa shape index (κ2) is 7.74. The molecule has 2 N–H and O–H groups in total. The van der Waals surface area contributed by atoms with Crippen LogP contribution in [-0.4, -0.2) is 21.4 Å². The van der Waals surface area contributed by atoms with E-state index in [-0.39, 0.29) is 17.6 Å². The van der Waals surface area contributed by atoms with E-state index < -0.39 is 10.0 Å². The molecule has 2 rings (SSSR count). The maximum Gasteiger partial charge on any atom is 0.223 e. The first kappa shape index (κ1) is 17.0. The summed E-state index contributed by atoms with van der Waals surface area (Å²) in [7, 11) is -1.84. The molecule has 1 aliphatic rings. The monoisotopic (exact) mass is 324 g/mol. The van der Waals surface area contributed by atoms with Gasteiger partial charge in [-0.25, -0.2) is 13.1 Å². The van der Waals surface area contributed by atoms with Gasteiger partial charge in [0.05, 0.1) is 5.75 Å². The zero-order valence-electron chi connectivity index (χ0n) is 13.0. The number of carbonyl (C=O) groups excluding carboxylic acids is 1. The molecule has 0 bridgehead atoms. The number of hydrogen-bond donors (Lipinski definition) is 2. The van der Waals surface area contributed by atoms with Crippen LogP contribution in [-0.2, 0) is 27.1 Å². The van der Waals surface area contributed by atoms with Crippen molar-refractivity contribution in [2.45, 2.75) is 44.4 Å². The molecule has 1 aromatic rings. The van der Waals surface area contributed by atoms with Gasteiger partial charge < -0.3 is 5.32 Å². The standard InChI is InChI=1S/C16H24N2O3S/c1-17-22(20,21)12-14-9-7-13(8-10-14)11-18-16(19)15-5-3-2-4-6-15/h7-10,15,17H,2-6,11-12H2,1H3,(H,18,19). The van der Waals surface area contributed by atoms with E-state index in [0.717, 1.165) is 36.8 Å². The highest BCUT2D eigenvalue weighted by molar-refractivity contribution is 7.88. The van der Waals surface area contributed by atoms with Gasteiger partial charge in [0.1, 0.15) is 0 Å². The Morgan fingerprint density at radius 2 is 1.68 bits per heavy atom. The van der Waals surface area contributed by atoms with Crippen LogP contribution in [0.1, 0.15) is 43.2 Å². The topological polar surface area (TPSA) is 75.3 Å². The third kappa shape index (κ3) is 5.10. The molecule has 22 heavy (non-hydrogen) atoms. The lowest BCUT2D eigenvalue weighted by molar-refractivity contribution is -0.126. The molecule has 1 saturated carbocycles. The molecule has 5 nitrogen and oxygen atoms in total. The third-order valence-electron chi connectivity index (χ3n) is 4.13. The SMILES string of the molecule is CNS(=O)(=O)Cc1ccc(CNC(=O)C2CCCCC2)cc1. The van der Waals surface area contributed by atoms with Crippen LogP contribution < -0.4 is 10.0 Å². The van der Waals surface area contributed by atoms with Gasteiger partial charge in [-0.05, 0) is 31.0 Å². The highest BCUT2D eigenvalue weighted by Gasteiger charge is 2.20. The van der Waals surface area contributed by atoms with Crippen molar-refractivity contribution in [3.8, 4) is 0 Å². The molecule has 1 fully saturated rings. The quantitative estimate of drug-likeness (QED) is 0.839. The Kier molecular flexibility index (Phi) is 5.97. The molecule has 1 amide bonds. The van der Waals surface area contributed by atoms with E-state index in [1.165, 1.54) is 13.5 Å². The largest absolute Gasteiger partial charge is 0.352 e. The van der Waals surface area contributed by atoms with E-state index in [1.807, 2.05) is 12.1 Å². The molecular weight excluding hydrogens is 300 g/mol. The first-order valence-electron chi connectivity index (χ1n) is 7.77. The molecule has 0 heterocycles. The van der Waals surface area contributed by atoms with Crippen LogP contribution in [0.2, 0.25) is 0 Å². The molecule has 122 valence electrons. The van der Waals surface area contributed by atoms with Crippen LogP contribution in [0.15, 0.2) is 24.3 Å². The minimum Gasteiger partial charge on any atom is -0.352 e. The van der Waals surface area contributed by atoms with Gasteiger partial charge in [0, 0.05) is 12.5 Å². The summed E-state index contributed by atoms with van der Waals surface area (Å²) in [4.78, 5) is 12.1. The van der Waals surface area contributed by atoms with Crippen LogP contribution >= 0.6 is 0 Å². The molecular formula is C16H24N2O3S. The summed E-state index contributed by atoms with van der Waals surface area (Å²) in [5, 5.41) is 2.98. The fourth-order valence-corrected chi connectivity index (χ4v) is 3.52. The van der Waals surface area contributed by atoms with Gasteiger partial charge in [-0.1, -0.05) is 43.5 Å². The van der Waals surface area contributed by atoms with E-state index in [9.17, 15) is 13.2 Å². The van der Waals surface area contributed by atoms with E-state index in [4.69, 9.17) is 0 Å². The van der Waals surface area contributed by atoms with Gasteiger partial charge in [-0.2, -0.15) is 0 Å². The van der Waals surface area contributed by atoms with Gasteiger partial charge in [-0.15, -0.1) is 0 Å². The van der Waals surface area contributed by atoms with Crippen molar-refractivity contribution in [3.05, 3.63) is 35.4 Å². The van der Waals surface area contributed by atoms with Crippen LogP contribution in [0.25, 0.3) is 0 Å². The second-order valence-corrected chi connectivity index (χ2v) is 7.76. The molecule has 0 atom stereocenters. The van der Waals surface area contributed by atoms with E-state index >= 15 is 0 Å². The molecule has 6 heteroatoms. The van der Waals surface area contributed by atoms with Crippen LogP contribution in [0.5, 0.6) is 0 Å². The van der Waals surface area contributed by atoms with Gasteiger partial charge in [0.25, 0.3) is 0 Å². The lowest BCUT2D eigenvalue weighted by atomic mass is 9.88. The van der Waals surface area contributed by atoms with Crippen molar-refractivity contribution in [3.63, 3.8) is 0 Å². The normalized spacial score (nSPS) is 16.4. The average Bonchev–Trinajstić information content (AvgIpc) is 2.54. The summed E-state index contributed by atoms with van der Waals surface area (Å²) in [6, 6.07) is 7.30. The maximum absolute atomic E-state index is 12.1. The predicted octanol–water partition coefficient (Wildman–Crippen LogP) is 1.93. The Balaban J connectivity index is 1.84. The lowest BCUT2D eigenvalue weighted by Gasteiger charge is -2.20. The van der Waals surface area contributed by atoms with E-state index in [1.54, 1.807) is 12.1 Å². The zero-order chi connectivity index (χ0) is 16.0. The molecule has 1 aliphatic carbocycles. The first-order valence-corrected chi connectivity index (χ1v) is 9.42. The highest BCUT2D eigenvalue weighted by atomic mass is 32.2. The number of amides is 1. The van der Waals surface area contributed by atoms with Crippen molar-refractivity contribution in [1.29, 1.82) is 0 Å². The molecule has 1 aromatic carbocycles. The maximum atomic E-state index is 12.1. The molecule has 0 aromatic heterocycles. The fraction of sp³-hybridized carbons (Fsp3) is 0.562. The van der Waals surface area contributed by atoms with Crippen molar-refractivity contribution >= 4 is 15.9 Å². The summed E-state index contributed by atoms with van der Waals surface area (Å²) in [5.41, 5.74) is 1.71. The van der Waals surface area contributed by atoms with Gasteiger partial charge in [0.15, 0.2) is 0 Å². The van der Waals surface area contributed by atoms with Crippen molar-refractivity contribution in [2.75, 3.05) is 7.05 Å². The van der Waals surface area contributed by atoms with Gasteiger partial charge >= 0.3 is 0 Å². The molecule has 0 unspecified atom stereocenters. The van der Waals surface area contributed by atoms with E-state index in [2.05, 4.69) is 10.0 Å². The fourth-order valence-electron chi connectivity index (χ4n) is 2.74. The van der Waals surface area contributed by atoms with Gasteiger partial charge in [-0.3, -0.25) is 4.79 Å². The van der Waals surface area contributed by atoms with Crippen molar-refractivity contribution in [1.82, 2.24) is 10.0 Å². The smallest absolute Gasteiger partial charge is 0.223 e. The van der Waals surface area contributed by atoms with Crippen LogP contribution in [0.3, 0.4) is 0 Å². The Labute approximate surface area is 132 Å². The summed E-state index contributed by atoms with van der Waals surface area (Å²) >= 11 is 0. The van der Waals surface area contributed by atoms with E-state index in [0.29, 0.717) is 6.54 Å². The summed E-state index contributed by atoms with van der Waals surface area (Å²) in [5.74, 6) is 0.272. The predicted molar refractivity (Wildman–Crippen MR) is 86.5 cm³/mol. The average molecular weight is 324 g/mol. The Hall–Kier alpha value is -1.40. The minimum atomic E-state index is -3.25. The van der Waals surface area contributed by atoms with Crippen LogP contribution in [0, 0.1) is 5.92 Å². The number of benzene rings is 1. The molecule has 0 saturated heterocycles. The number of rotatable bonds is 6. The van der Waals surface area contributed by atoms with Crippen molar-refractivity contribution in [2.24, 2.45) is 5.92 Å². The summed E-state index contributed by atoms with van der Waals surface area (Å²) in [6.07, 6.45) is 5.51. The summed E-state index contributed by atoms with van der Waals surface area (Å²) in [6.45, 7) is 0.494. The number of sulfonamides is 1. The van der Waals surface area contributed by atoms with Crippen LogP contribution in [0.4, 0.5) is 0 Å².